The van der Waals surface area contributed by atoms with Crippen LogP contribution in [0.1, 0.15) is 10.4 Å². The van der Waals surface area contributed by atoms with Crippen LogP contribution in [0.4, 0.5) is 5.69 Å². The summed E-state index contributed by atoms with van der Waals surface area (Å²) in [4.78, 5) is 16.1. The minimum atomic E-state index is -0.178. The second kappa shape index (κ2) is 3.96. The van der Waals surface area contributed by atoms with Crippen LogP contribution in [0, 0.1) is 0 Å². The van der Waals surface area contributed by atoms with Gasteiger partial charge in [0.05, 0.1) is 10.6 Å². The number of rotatable bonds is 1. The van der Waals surface area contributed by atoms with E-state index < -0.39 is 0 Å². The highest BCUT2D eigenvalue weighted by atomic mass is 32.1. The number of aromatic hydroxyl groups is 1. The molecule has 0 unspecified atom stereocenters. The highest BCUT2D eigenvalue weighted by Gasteiger charge is 2.14. The zero-order valence-corrected chi connectivity index (χ0v) is 10.4. The fourth-order valence-corrected chi connectivity index (χ4v) is 2.67. The molecule has 0 bridgehead atoms. The summed E-state index contributed by atoms with van der Waals surface area (Å²) in [5.74, 6) is -0.00437. The molecule has 0 aliphatic carbocycles. The number of benzene rings is 1. The number of allylic oxidation sites excluding steroid dienone is 1. The van der Waals surface area contributed by atoms with E-state index in [1.165, 1.54) is 4.57 Å². The molecule has 3 rings (SSSR count). The van der Waals surface area contributed by atoms with E-state index in [0.717, 1.165) is 28.2 Å². The largest absolute Gasteiger partial charge is 0.493 e. The van der Waals surface area contributed by atoms with Crippen molar-refractivity contribution in [2.45, 2.75) is 0 Å². The standard InChI is InChI=1S/C13H10N2O2S/c1-15-12(16)11(18-13(15)17)6-8-7-14-10-5-3-2-4-9(8)10/h2-7,16H,1H3/b8-6+. The number of hydrogen-bond acceptors (Lipinski definition) is 4. The predicted molar refractivity (Wildman–Crippen MR) is 73.7 cm³/mol. The Hall–Kier alpha value is -2.14. The number of aromatic nitrogens is 1. The van der Waals surface area contributed by atoms with Crippen molar-refractivity contribution in [3.8, 4) is 5.88 Å². The van der Waals surface area contributed by atoms with Crippen molar-refractivity contribution in [3.63, 3.8) is 0 Å². The normalized spacial score (nSPS) is 15.3. The average Bonchev–Trinajstić information content (AvgIpc) is 2.89. The summed E-state index contributed by atoms with van der Waals surface area (Å²) >= 11 is 1.02. The number of hydrogen-bond donors (Lipinski definition) is 1. The molecule has 1 aromatic carbocycles. The lowest BCUT2D eigenvalue weighted by Crippen LogP contribution is -2.05. The maximum atomic E-state index is 11.4. The summed E-state index contributed by atoms with van der Waals surface area (Å²) in [7, 11) is 1.55. The molecule has 18 heavy (non-hydrogen) atoms. The first kappa shape index (κ1) is 11.0. The van der Waals surface area contributed by atoms with Crippen LogP contribution in [0.5, 0.6) is 5.88 Å². The summed E-state index contributed by atoms with van der Waals surface area (Å²) in [5, 5.41) is 9.81. The van der Waals surface area contributed by atoms with Gasteiger partial charge in [-0.25, -0.2) is 0 Å². The van der Waals surface area contributed by atoms with Gasteiger partial charge in [0.1, 0.15) is 0 Å². The van der Waals surface area contributed by atoms with Crippen LogP contribution in [0.2, 0.25) is 0 Å². The van der Waals surface area contributed by atoms with Gasteiger partial charge in [-0.05, 0) is 12.1 Å². The van der Waals surface area contributed by atoms with Gasteiger partial charge in [-0.3, -0.25) is 14.4 Å². The van der Waals surface area contributed by atoms with Crippen molar-refractivity contribution in [3.05, 3.63) is 44.4 Å². The van der Waals surface area contributed by atoms with E-state index in [9.17, 15) is 9.90 Å². The van der Waals surface area contributed by atoms with E-state index in [0.29, 0.717) is 4.88 Å². The van der Waals surface area contributed by atoms with Gasteiger partial charge in [0.15, 0.2) is 0 Å². The van der Waals surface area contributed by atoms with Crippen LogP contribution < -0.4 is 4.87 Å². The lowest BCUT2D eigenvalue weighted by atomic mass is 10.1. The maximum absolute atomic E-state index is 11.4. The number of para-hydroxylation sites is 1. The Morgan fingerprint density at radius 3 is 2.89 bits per heavy atom. The highest BCUT2D eigenvalue weighted by Crippen LogP contribution is 2.33. The van der Waals surface area contributed by atoms with E-state index in [-0.39, 0.29) is 10.8 Å². The van der Waals surface area contributed by atoms with Gasteiger partial charge in [-0.2, -0.15) is 0 Å². The van der Waals surface area contributed by atoms with Gasteiger partial charge in [0.25, 0.3) is 0 Å². The van der Waals surface area contributed by atoms with Crippen molar-refractivity contribution in [1.82, 2.24) is 4.57 Å². The molecule has 5 heteroatoms. The van der Waals surface area contributed by atoms with E-state index in [1.807, 2.05) is 24.3 Å². The first-order chi connectivity index (χ1) is 8.66. The SMILES string of the molecule is Cn1c(O)c(/C=C2\C=Nc3ccccc32)sc1=O. The molecule has 1 N–H and O–H groups in total. The summed E-state index contributed by atoms with van der Waals surface area (Å²) in [5.41, 5.74) is 2.83. The fraction of sp³-hybridized carbons (Fsp3) is 0.0769. The quantitative estimate of drug-likeness (QED) is 0.854. The number of aliphatic imine (C=N–C) groups is 1. The summed E-state index contributed by atoms with van der Waals surface area (Å²) in [6, 6.07) is 7.77. The zero-order chi connectivity index (χ0) is 12.7. The van der Waals surface area contributed by atoms with Gasteiger partial charge in [-0.15, -0.1) is 0 Å². The molecule has 1 aliphatic rings. The molecule has 4 nitrogen and oxygen atoms in total. The van der Waals surface area contributed by atoms with Crippen molar-refractivity contribution >= 4 is 34.9 Å². The van der Waals surface area contributed by atoms with Crippen molar-refractivity contribution < 1.29 is 5.11 Å². The summed E-state index contributed by atoms with van der Waals surface area (Å²) in [6.07, 6.45) is 3.53. The third-order valence-electron chi connectivity index (χ3n) is 2.85. The van der Waals surface area contributed by atoms with Crippen LogP contribution in [0.3, 0.4) is 0 Å². The Morgan fingerprint density at radius 1 is 1.39 bits per heavy atom. The van der Waals surface area contributed by atoms with Crippen molar-refractivity contribution in [1.29, 1.82) is 0 Å². The molecule has 0 radical (unpaired) electrons. The monoisotopic (exact) mass is 258 g/mol. The first-order valence-corrected chi connectivity index (χ1v) is 6.22. The minimum Gasteiger partial charge on any atom is -0.493 e. The molecule has 90 valence electrons. The molecule has 0 atom stereocenters. The lowest BCUT2D eigenvalue weighted by Gasteiger charge is -1.98. The summed E-state index contributed by atoms with van der Waals surface area (Å²) in [6.45, 7) is 0. The average molecular weight is 258 g/mol. The van der Waals surface area contributed by atoms with E-state index in [2.05, 4.69) is 4.99 Å². The Morgan fingerprint density at radius 2 is 2.17 bits per heavy atom. The molecule has 2 aromatic rings. The van der Waals surface area contributed by atoms with E-state index in [4.69, 9.17) is 0 Å². The van der Waals surface area contributed by atoms with Crippen LogP contribution in [0.25, 0.3) is 11.6 Å². The molecule has 0 saturated carbocycles. The van der Waals surface area contributed by atoms with Crippen molar-refractivity contribution in [2.75, 3.05) is 0 Å². The Kier molecular flexibility index (Phi) is 2.41. The van der Waals surface area contributed by atoms with Gasteiger partial charge in [0.2, 0.25) is 5.88 Å². The Labute approximate surface area is 107 Å². The first-order valence-electron chi connectivity index (χ1n) is 5.41. The molecular formula is C13H10N2O2S. The molecular weight excluding hydrogens is 248 g/mol. The summed E-state index contributed by atoms with van der Waals surface area (Å²) < 4.78 is 1.23. The molecule has 0 fully saturated rings. The predicted octanol–water partition coefficient (Wildman–Crippen LogP) is 2.41. The minimum absolute atomic E-state index is 0.00437. The van der Waals surface area contributed by atoms with Crippen LogP contribution >= 0.6 is 11.3 Å². The van der Waals surface area contributed by atoms with Crippen LogP contribution in [-0.2, 0) is 7.05 Å². The van der Waals surface area contributed by atoms with Gasteiger partial charge < -0.3 is 5.11 Å². The fourth-order valence-electron chi connectivity index (χ4n) is 1.85. The van der Waals surface area contributed by atoms with Gasteiger partial charge in [-0.1, -0.05) is 29.5 Å². The maximum Gasteiger partial charge on any atom is 0.310 e. The third kappa shape index (κ3) is 1.60. The number of nitrogens with zero attached hydrogens (tertiary/aromatic N) is 2. The molecule has 1 aromatic heterocycles. The van der Waals surface area contributed by atoms with E-state index in [1.54, 1.807) is 19.3 Å². The van der Waals surface area contributed by atoms with Gasteiger partial charge in [0, 0.05) is 24.4 Å². The molecule has 1 aliphatic heterocycles. The van der Waals surface area contributed by atoms with Crippen LogP contribution in [-0.4, -0.2) is 15.9 Å². The van der Waals surface area contributed by atoms with Gasteiger partial charge >= 0.3 is 4.87 Å². The smallest absolute Gasteiger partial charge is 0.310 e. The topological polar surface area (TPSA) is 54.6 Å². The zero-order valence-electron chi connectivity index (χ0n) is 9.62. The highest BCUT2D eigenvalue weighted by molar-refractivity contribution is 7.10. The van der Waals surface area contributed by atoms with Crippen LogP contribution in [0.15, 0.2) is 34.1 Å². The van der Waals surface area contributed by atoms with E-state index >= 15 is 0 Å². The third-order valence-corrected chi connectivity index (χ3v) is 3.82. The Bertz CT molecular complexity index is 738. The number of thiazole rings is 1. The molecule has 0 amide bonds. The van der Waals surface area contributed by atoms with Crippen molar-refractivity contribution in [2.24, 2.45) is 12.0 Å². The number of fused-ring (bicyclic) bond motifs is 1. The lowest BCUT2D eigenvalue weighted by molar-refractivity contribution is 0.428. The molecule has 0 saturated heterocycles. The second-order valence-corrected chi connectivity index (χ2v) is 4.98. The molecule has 2 heterocycles. The Balaban J connectivity index is 2.12. The second-order valence-electron chi connectivity index (χ2n) is 3.99. The molecule has 0 spiro atoms.